The lowest BCUT2D eigenvalue weighted by atomic mass is 10.0. The first-order valence-corrected chi connectivity index (χ1v) is 7.34. The molecule has 0 aromatic rings. The molecule has 0 aromatic heterocycles. The highest BCUT2D eigenvalue weighted by atomic mass is 32.2. The van der Waals surface area contributed by atoms with Crippen molar-refractivity contribution in [3.63, 3.8) is 0 Å². The van der Waals surface area contributed by atoms with Gasteiger partial charge in [-0.3, -0.25) is 9.59 Å². The quantitative estimate of drug-likeness (QED) is 0.712. The van der Waals surface area contributed by atoms with E-state index in [4.69, 9.17) is 0 Å². The lowest BCUT2D eigenvalue weighted by Crippen LogP contribution is -2.51. The molecular weight excluding hydrogens is 236 g/mol. The van der Waals surface area contributed by atoms with Crippen LogP contribution >= 0.6 is 11.8 Å². The van der Waals surface area contributed by atoms with Gasteiger partial charge in [-0.2, -0.15) is 0 Å². The molecule has 2 saturated heterocycles. The summed E-state index contributed by atoms with van der Waals surface area (Å²) in [5.41, 5.74) is 0. The van der Waals surface area contributed by atoms with E-state index in [-0.39, 0.29) is 10.8 Å². The second-order valence-corrected chi connectivity index (χ2v) is 6.11. The number of carbonyl (C=O) groups is 2. The molecule has 2 amide bonds. The zero-order valence-electron chi connectivity index (χ0n) is 10.4. The standard InChI is InChI=1S/C12H20N2O2S/c1-2-3-6-14-11(16)9-17-12(14)4-7-13(10-15)8-5-12/h10H,2-9H2,1H3. The number of likely N-dealkylation sites (tertiary alicyclic amines) is 1. The summed E-state index contributed by atoms with van der Waals surface area (Å²) >= 11 is 1.78. The van der Waals surface area contributed by atoms with Crippen LogP contribution in [0.25, 0.3) is 0 Å². The largest absolute Gasteiger partial charge is 0.345 e. The monoisotopic (exact) mass is 256 g/mol. The Morgan fingerprint density at radius 3 is 2.71 bits per heavy atom. The van der Waals surface area contributed by atoms with Gasteiger partial charge >= 0.3 is 0 Å². The normalized spacial score (nSPS) is 23.5. The van der Waals surface area contributed by atoms with E-state index < -0.39 is 0 Å². The highest BCUT2D eigenvalue weighted by Gasteiger charge is 2.47. The number of piperidine rings is 1. The van der Waals surface area contributed by atoms with Crippen LogP contribution in [0.15, 0.2) is 0 Å². The molecule has 96 valence electrons. The molecule has 0 aliphatic carbocycles. The smallest absolute Gasteiger partial charge is 0.233 e. The SMILES string of the molecule is CCCCN1C(=O)CSC12CCN(C=O)CC2. The van der Waals surface area contributed by atoms with Crippen molar-refractivity contribution < 1.29 is 9.59 Å². The van der Waals surface area contributed by atoms with E-state index in [1.807, 2.05) is 4.90 Å². The molecule has 0 atom stereocenters. The molecule has 0 aromatic carbocycles. The summed E-state index contributed by atoms with van der Waals surface area (Å²) in [5.74, 6) is 0.896. The van der Waals surface area contributed by atoms with Crippen LogP contribution in [0.1, 0.15) is 32.6 Å². The fraction of sp³-hybridized carbons (Fsp3) is 0.833. The molecule has 4 nitrogen and oxygen atoms in total. The van der Waals surface area contributed by atoms with Crippen molar-refractivity contribution in [2.24, 2.45) is 0 Å². The van der Waals surface area contributed by atoms with E-state index in [1.54, 1.807) is 11.8 Å². The average Bonchev–Trinajstić information content (AvgIpc) is 2.65. The van der Waals surface area contributed by atoms with E-state index in [0.29, 0.717) is 5.75 Å². The first-order chi connectivity index (χ1) is 8.22. The molecule has 0 bridgehead atoms. The molecule has 0 saturated carbocycles. The van der Waals surface area contributed by atoms with E-state index in [0.717, 1.165) is 51.7 Å². The van der Waals surface area contributed by atoms with Gasteiger partial charge in [0.25, 0.3) is 0 Å². The van der Waals surface area contributed by atoms with Crippen molar-refractivity contribution in [2.45, 2.75) is 37.5 Å². The van der Waals surface area contributed by atoms with Gasteiger partial charge in [0.15, 0.2) is 0 Å². The Balaban J connectivity index is 2.02. The minimum absolute atomic E-state index is 0.00817. The van der Waals surface area contributed by atoms with Gasteiger partial charge in [-0.1, -0.05) is 13.3 Å². The lowest BCUT2D eigenvalue weighted by Gasteiger charge is -2.43. The van der Waals surface area contributed by atoms with E-state index in [2.05, 4.69) is 11.8 Å². The second kappa shape index (κ2) is 5.29. The van der Waals surface area contributed by atoms with Crippen LogP contribution in [-0.4, -0.2) is 52.4 Å². The predicted molar refractivity (Wildman–Crippen MR) is 68.7 cm³/mol. The molecule has 5 heteroatoms. The summed E-state index contributed by atoms with van der Waals surface area (Å²) in [6, 6.07) is 0. The van der Waals surface area contributed by atoms with Gasteiger partial charge in [0, 0.05) is 19.6 Å². The van der Waals surface area contributed by atoms with Crippen LogP contribution in [0.3, 0.4) is 0 Å². The topological polar surface area (TPSA) is 40.6 Å². The van der Waals surface area contributed by atoms with Gasteiger partial charge in [0.05, 0.1) is 10.6 Å². The molecule has 0 radical (unpaired) electrons. The number of amides is 2. The van der Waals surface area contributed by atoms with Gasteiger partial charge < -0.3 is 9.80 Å². The molecule has 0 N–H and O–H groups in total. The van der Waals surface area contributed by atoms with Gasteiger partial charge in [-0.15, -0.1) is 11.8 Å². The average molecular weight is 256 g/mol. The number of thioether (sulfide) groups is 1. The van der Waals surface area contributed by atoms with Gasteiger partial charge in [0.2, 0.25) is 12.3 Å². The van der Waals surface area contributed by atoms with Crippen molar-refractivity contribution in [3.05, 3.63) is 0 Å². The van der Waals surface area contributed by atoms with Crippen molar-refractivity contribution in [3.8, 4) is 0 Å². The number of hydrogen-bond donors (Lipinski definition) is 0. The molecule has 2 aliphatic rings. The van der Waals surface area contributed by atoms with Crippen LogP contribution in [-0.2, 0) is 9.59 Å². The summed E-state index contributed by atoms with van der Waals surface area (Å²) in [4.78, 5) is 26.5. The zero-order valence-corrected chi connectivity index (χ0v) is 11.2. The molecule has 2 fully saturated rings. The van der Waals surface area contributed by atoms with Crippen LogP contribution in [0, 0.1) is 0 Å². The Labute approximate surface area is 107 Å². The fourth-order valence-electron chi connectivity index (χ4n) is 2.62. The molecular formula is C12H20N2O2S. The van der Waals surface area contributed by atoms with E-state index in [1.165, 1.54) is 0 Å². The minimum atomic E-state index is -0.00817. The molecule has 17 heavy (non-hydrogen) atoms. The van der Waals surface area contributed by atoms with Crippen molar-refractivity contribution >= 4 is 24.1 Å². The van der Waals surface area contributed by atoms with Crippen molar-refractivity contribution in [1.29, 1.82) is 0 Å². The first kappa shape index (κ1) is 12.7. The summed E-state index contributed by atoms with van der Waals surface area (Å²) < 4.78 is 0. The Bertz CT molecular complexity index is 301. The minimum Gasteiger partial charge on any atom is -0.345 e. The lowest BCUT2D eigenvalue weighted by molar-refractivity contribution is -0.131. The Hall–Kier alpha value is -0.710. The number of rotatable bonds is 4. The molecule has 2 rings (SSSR count). The number of unbranched alkanes of at least 4 members (excludes halogenated alkanes) is 1. The van der Waals surface area contributed by atoms with Crippen LogP contribution < -0.4 is 0 Å². The first-order valence-electron chi connectivity index (χ1n) is 6.35. The zero-order chi connectivity index (χ0) is 12.3. The van der Waals surface area contributed by atoms with Gasteiger partial charge in [0.1, 0.15) is 0 Å². The number of hydrogen-bond acceptors (Lipinski definition) is 3. The van der Waals surface area contributed by atoms with Crippen LogP contribution in [0.5, 0.6) is 0 Å². The maximum Gasteiger partial charge on any atom is 0.233 e. The fourth-order valence-corrected chi connectivity index (χ4v) is 3.99. The summed E-state index contributed by atoms with van der Waals surface area (Å²) in [7, 11) is 0. The van der Waals surface area contributed by atoms with Crippen molar-refractivity contribution in [1.82, 2.24) is 9.80 Å². The Kier molecular flexibility index (Phi) is 3.97. The van der Waals surface area contributed by atoms with Gasteiger partial charge in [-0.25, -0.2) is 0 Å². The number of carbonyl (C=O) groups excluding carboxylic acids is 2. The van der Waals surface area contributed by atoms with E-state index >= 15 is 0 Å². The summed E-state index contributed by atoms with van der Waals surface area (Å²) in [5, 5.41) is 0. The second-order valence-electron chi connectivity index (χ2n) is 4.78. The maximum atomic E-state index is 11.9. The third-order valence-electron chi connectivity index (χ3n) is 3.72. The number of nitrogens with zero attached hydrogens (tertiary/aromatic N) is 2. The Morgan fingerprint density at radius 2 is 2.12 bits per heavy atom. The van der Waals surface area contributed by atoms with Crippen LogP contribution in [0.4, 0.5) is 0 Å². The highest BCUT2D eigenvalue weighted by molar-refractivity contribution is 8.01. The van der Waals surface area contributed by atoms with Crippen molar-refractivity contribution in [2.75, 3.05) is 25.4 Å². The third kappa shape index (κ3) is 2.44. The molecule has 2 aliphatic heterocycles. The summed E-state index contributed by atoms with van der Waals surface area (Å²) in [6.07, 6.45) is 4.96. The Morgan fingerprint density at radius 1 is 1.41 bits per heavy atom. The maximum absolute atomic E-state index is 11.9. The van der Waals surface area contributed by atoms with Gasteiger partial charge in [-0.05, 0) is 19.3 Å². The van der Waals surface area contributed by atoms with E-state index in [9.17, 15) is 9.59 Å². The molecule has 1 spiro atoms. The molecule has 2 heterocycles. The summed E-state index contributed by atoms with van der Waals surface area (Å²) in [6.45, 7) is 4.59. The predicted octanol–water partition coefficient (Wildman–Crippen LogP) is 1.31. The van der Waals surface area contributed by atoms with Crippen LogP contribution in [0.2, 0.25) is 0 Å². The molecule has 0 unspecified atom stereocenters. The highest BCUT2D eigenvalue weighted by Crippen LogP contribution is 2.44. The third-order valence-corrected chi connectivity index (χ3v) is 5.28.